The van der Waals surface area contributed by atoms with Crippen molar-refractivity contribution in [2.45, 2.75) is 131 Å². The number of Topliss-reactive ketones (excluding diaryl/α,β-unsaturated/α-hetero) is 2. The lowest BCUT2D eigenvalue weighted by atomic mass is 9.35. The summed E-state index contributed by atoms with van der Waals surface area (Å²) in [6, 6.07) is 7.04. The predicted octanol–water partition coefficient (Wildman–Crippen LogP) is 8.91. The molecule has 0 aromatic heterocycles. The zero-order chi connectivity index (χ0) is 41.6. The van der Waals surface area contributed by atoms with Crippen LogP contribution in [0.3, 0.4) is 0 Å². The molecule has 1 saturated heterocycles. The normalized spacial score (nSPS) is 39.7. The Hall–Kier alpha value is -2.55. The fourth-order valence-corrected chi connectivity index (χ4v) is 15.5. The van der Waals surface area contributed by atoms with Gasteiger partial charge in [0.2, 0.25) is 0 Å². The Morgan fingerprint density at radius 3 is 2.26 bits per heavy atom. The van der Waals surface area contributed by atoms with Crippen LogP contribution in [0.15, 0.2) is 35.4 Å². The van der Waals surface area contributed by atoms with E-state index in [0.29, 0.717) is 77.5 Å². The van der Waals surface area contributed by atoms with E-state index >= 15 is 0 Å². The van der Waals surface area contributed by atoms with Crippen LogP contribution in [0.5, 0.6) is 0 Å². The Morgan fingerprint density at radius 1 is 0.914 bits per heavy atom. The molecule has 0 radical (unpaired) electrons. The maximum absolute atomic E-state index is 14.1. The first-order valence-electron chi connectivity index (χ1n) is 22.9. The second-order valence-corrected chi connectivity index (χ2v) is 22.4. The lowest BCUT2D eigenvalue weighted by molar-refractivity contribution is -0.193. The van der Waals surface area contributed by atoms with Crippen LogP contribution in [0, 0.1) is 74.9 Å². The fourth-order valence-electron chi connectivity index (χ4n) is 15.4. The number of nitrogens with one attached hydrogen (secondary N) is 3. The van der Waals surface area contributed by atoms with Crippen LogP contribution in [0.25, 0.3) is 0 Å². The third kappa shape index (κ3) is 6.76. The van der Waals surface area contributed by atoms with Gasteiger partial charge in [0.1, 0.15) is 5.78 Å². The topological polar surface area (TPSA) is 125 Å². The van der Waals surface area contributed by atoms with Gasteiger partial charge < -0.3 is 21.1 Å². The van der Waals surface area contributed by atoms with E-state index in [-0.39, 0.29) is 56.8 Å². The smallest absolute Gasteiger partial charge is 0.306 e. The zero-order valence-corrected chi connectivity index (χ0v) is 37.0. The Bertz CT molecular complexity index is 1850. The van der Waals surface area contributed by atoms with Crippen molar-refractivity contribution in [3.63, 3.8) is 0 Å². The summed E-state index contributed by atoms with van der Waals surface area (Å²) in [4.78, 5) is 52.5. The molecule has 1 amide bonds. The molecule has 5 saturated carbocycles. The SMILES string of the molecule is CC(C)C1=C2C3CCC4C(C)(CCC5C(C)(C)C(CC(=O)C6CC(C(=O)O)C6C)CCC54C)C3CCC2(CCNCC2(NC(=O)c3ccc(Cl)cc3)CNC2)CC1=O. The molecule has 1 aromatic carbocycles. The molecule has 6 aliphatic carbocycles. The van der Waals surface area contributed by atoms with Gasteiger partial charge in [0, 0.05) is 54.4 Å². The second kappa shape index (κ2) is 15.1. The molecule has 1 heterocycles. The highest BCUT2D eigenvalue weighted by Gasteiger charge is 2.66. The number of hydrogen-bond acceptors (Lipinski definition) is 6. The molecular formula is C49H70ClN3O5. The minimum Gasteiger partial charge on any atom is -0.481 e. The number of benzene rings is 1. The molecule has 0 spiro atoms. The average Bonchev–Trinajstić information content (AvgIpc) is 3.45. The quantitative estimate of drug-likeness (QED) is 0.155. The van der Waals surface area contributed by atoms with E-state index in [9.17, 15) is 24.3 Å². The van der Waals surface area contributed by atoms with Crippen LogP contribution in [-0.2, 0) is 14.4 Å². The van der Waals surface area contributed by atoms with E-state index in [0.717, 1.165) is 44.5 Å². The monoisotopic (exact) mass is 816 g/mol. The van der Waals surface area contributed by atoms with Gasteiger partial charge in [-0.15, -0.1) is 0 Å². The number of carbonyl (C=O) groups excluding carboxylic acids is 3. The van der Waals surface area contributed by atoms with Crippen LogP contribution >= 0.6 is 11.6 Å². The third-order valence-electron chi connectivity index (χ3n) is 18.6. The molecule has 11 atom stereocenters. The van der Waals surface area contributed by atoms with E-state index in [4.69, 9.17) is 11.6 Å². The summed E-state index contributed by atoms with van der Waals surface area (Å²) in [6.07, 6.45) is 12.0. The first-order chi connectivity index (χ1) is 27.4. The molecule has 8 rings (SSSR count). The standard InChI is InChI=1S/C49H70ClN3O5/c1-28(2)41-38(55)24-48(20-21-51-25-49(26-52-27-49)53-43(56)30-8-10-32(50)11-9-30)19-15-36-33(42(41)48)12-13-40-46(36,6)18-16-39-45(4,5)31(14-17-47(39,40)7)22-37(54)34-23-35(29(34)3)44(57)58/h8-11,28-29,31,33-36,39-40,51-52H,12-27H2,1-7H3,(H,53,56)(H,57,58). The number of carboxylic acid groups (broad SMARTS) is 1. The van der Waals surface area contributed by atoms with Gasteiger partial charge in [-0.05, 0) is 158 Å². The summed E-state index contributed by atoms with van der Waals surface area (Å²) in [7, 11) is 0. The first kappa shape index (κ1) is 42.2. The molecule has 8 nitrogen and oxygen atoms in total. The van der Waals surface area contributed by atoms with Gasteiger partial charge >= 0.3 is 5.97 Å². The Balaban J connectivity index is 0.955. The summed E-state index contributed by atoms with van der Waals surface area (Å²) in [5.41, 5.74) is 3.35. The van der Waals surface area contributed by atoms with Gasteiger partial charge in [0.25, 0.3) is 5.91 Å². The highest BCUT2D eigenvalue weighted by Crippen LogP contribution is 2.74. The molecule has 11 unspecified atom stereocenters. The maximum Gasteiger partial charge on any atom is 0.306 e. The maximum atomic E-state index is 14.1. The molecular weight excluding hydrogens is 746 g/mol. The fraction of sp³-hybridized carbons (Fsp3) is 0.755. The summed E-state index contributed by atoms with van der Waals surface area (Å²) in [5, 5.41) is 20.6. The zero-order valence-electron chi connectivity index (χ0n) is 36.3. The summed E-state index contributed by atoms with van der Waals surface area (Å²) in [5.74, 6) is 2.11. The number of allylic oxidation sites excluding steroid dienone is 2. The van der Waals surface area contributed by atoms with Crippen LogP contribution in [0.4, 0.5) is 0 Å². The van der Waals surface area contributed by atoms with Gasteiger partial charge in [-0.1, -0.05) is 65.6 Å². The molecule has 0 bridgehead atoms. The number of carbonyl (C=O) groups is 4. The Morgan fingerprint density at radius 2 is 1.62 bits per heavy atom. The summed E-state index contributed by atoms with van der Waals surface area (Å²) >= 11 is 6.07. The number of rotatable bonds is 12. The van der Waals surface area contributed by atoms with Crippen molar-refractivity contribution < 1.29 is 24.3 Å². The third-order valence-corrected chi connectivity index (χ3v) is 18.8. The van der Waals surface area contributed by atoms with Crippen molar-refractivity contribution >= 4 is 35.0 Å². The number of hydrogen-bond donors (Lipinski definition) is 4. The number of carboxylic acids is 1. The molecule has 318 valence electrons. The number of aliphatic carboxylic acids is 1. The largest absolute Gasteiger partial charge is 0.481 e. The molecule has 58 heavy (non-hydrogen) atoms. The van der Waals surface area contributed by atoms with Gasteiger partial charge in [-0.3, -0.25) is 19.2 Å². The molecule has 7 aliphatic rings. The number of ketones is 2. The molecule has 4 N–H and O–H groups in total. The first-order valence-corrected chi connectivity index (χ1v) is 23.3. The van der Waals surface area contributed by atoms with Crippen molar-refractivity contribution in [2.24, 2.45) is 74.9 Å². The lowest BCUT2D eigenvalue weighted by Crippen LogP contribution is -2.72. The van der Waals surface area contributed by atoms with Gasteiger partial charge in [-0.25, -0.2) is 0 Å². The van der Waals surface area contributed by atoms with Gasteiger partial charge in [-0.2, -0.15) is 0 Å². The van der Waals surface area contributed by atoms with E-state index in [1.165, 1.54) is 44.1 Å². The molecule has 1 aliphatic heterocycles. The highest BCUT2D eigenvalue weighted by atomic mass is 35.5. The minimum absolute atomic E-state index is 0.0483. The van der Waals surface area contributed by atoms with E-state index in [2.05, 4.69) is 57.5 Å². The Labute approximate surface area is 352 Å². The predicted molar refractivity (Wildman–Crippen MR) is 228 cm³/mol. The van der Waals surface area contributed by atoms with Crippen molar-refractivity contribution in [1.29, 1.82) is 0 Å². The summed E-state index contributed by atoms with van der Waals surface area (Å²) < 4.78 is 0. The summed E-state index contributed by atoms with van der Waals surface area (Å²) in [6.45, 7) is 19.5. The molecule has 6 fully saturated rings. The van der Waals surface area contributed by atoms with Gasteiger partial charge in [0.15, 0.2) is 5.78 Å². The number of fused-ring (bicyclic) bond motifs is 7. The van der Waals surface area contributed by atoms with Crippen LogP contribution in [0.2, 0.25) is 5.02 Å². The van der Waals surface area contributed by atoms with Crippen LogP contribution in [-0.4, -0.2) is 60.3 Å². The van der Waals surface area contributed by atoms with E-state index in [1.807, 2.05) is 6.92 Å². The van der Waals surface area contributed by atoms with Crippen LogP contribution in [0.1, 0.15) is 136 Å². The minimum atomic E-state index is -0.757. The lowest BCUT2D eigenvalue weighted by Gasteiger charge is -2.69. The van der Waals surface area contributed by atoms with E-state index in [1.54, 1.807) is 24.3 Å². The van der Waals surface area contributed by atoms with E-state index < -0.39 is 5.97 Å². The number of amides is 1. The van der Waals surface area contributed by atoms with Gasteiger partial charge in [0.05, 0.1) is 11.5 Å². The highest BCUT2D eigenvalue weighted by molar-refractivity contribution is 6.30. The van der Waals surface area contributed by atoms with Crippen molar-refractivity contribution in [2.75, 3.05) is 26.2 Å². The molecule has 1 aromatic rings. The second-order valence-electron chi connectivity index (χ2n) is 22.0. The number of halogens is 1. The Kier molecular flexibility index (Phi) is 11.0. The average molecular weight is 817 g/mol. The van der Waals surface area contributed by atoms with Crippen molar-refractivity contribution in [1.82, 2.24) is 16.0 Å². The van der Waals surface area contributed by atoms with Crippen molar-refractivity contribution in [3.05, 3.63) is 46.0 Å². The van der Waals surface area contributed by atoms with Crippen LogP contribution < -0.4 is 16.0 Å². The van der Waals surface area contributed by atoms with Crippen molar-refractivity contribution in [3.8, 4) is 0 Å². The molecule has 9 heteroatoms.